The summed E-state index contributed by atoms with van der Waals surface area (Å²) in [5.41, 5.74) is 0. The summed E-state index contributed by atoms with van der Waals surface area (Å²) >= 11 is 0. The van der Waals surface area contributed by atoms with Gasteiger partial charge in [0.05, 0.1) is 0 Å². The van der Waals surface area contributed by atoms with Gasteiger partial charge in [-0.15, -0.1) is 0 Å². The summed E-state index contributed by atoms with van der Waals surface area (Å²) in [5.74, 6) is 0. The van der Waals surface area contributed by atoms with Crippen molar-refractivity contribution in [3.05, 3.63) is 0 Å². The van der Waals surface area contributed by atoms with Crippen molar-refractivity contribution < 1.29 is 4.79 Å². The first-order chi connectivity index (χ1) is 11.8. The third-order valence-corrected chi connectivity index (χ3v) is 4.63. The van der Waals surface area contributed by atoms with Crippen molar-refractivity contribution in [2.45, 2.75) is 117 Å². The van der Waals surface area contributed by atoms with Gasteiger partial charge in [0.15, 0.2) is 0 Å². The van der Waals surface area contributed by atoms with Gasteiger partial charge in [-0.25, -0.2) is 4.79 Å². The summed E-state index contributed by atoms with van der Waals surface area (Å²) in [6.07, 6.45) is 21.4. The Morgan fingerprint density at radius 3 is 1.25 bits per heavy atom. The van der Waals surface area contributed by atoms with Crippen molar-refractivity contribution in [2.24, 2.45) is 0 Å². The van der Waals surface area contributed by atoms with Gasteiger partial charge in [-0.05, 0) is 12.8 Å². The molecular weight excluding hydrogens is 296 g/mol. The molecule has 3 nitrogen and oxygen atoms in total. The molecule has 2 N–H and O–H groups in total. The largest absolute Gasteiger partial charge is 0.338 e. The molecule has 0 aromatic carbocycles. The van der Waals surface area contributed by atoms with Crippen molar-refractivity contribution >= 4 is 6.03 Å². The van der Waals surface area contributed by atoms with Gasteiger partial charge in [0.25, 0.3) is 0 Å². The molecule has 2 amide bonds. The van der Waals surface area contributed by atoms with E-state index >= 15 is 0 Å². The highest BCUT2D eigenvalue weighted by atomic mass is 16.2. The van der Waals surface area contributed by atoms with E-state index < -0.39 is 0 Å². The van der Waals surface area contributed by atoms with Crippen LogP contribution in [0.3, 0.4) is 0 Å². The van der Waals surface area contributed by atoms with E-state index in [0.29, 0.717) is 0 Å². The van der Waals surface area contributed by atoms with E-state index in [1.54, 1.807) is 0 Å². The Kier molecular flexibility index (Phi) is 19.7. The first kappa shape index (κ1) is 23.3. The van der Waals surface area contributed by atoms with Crippen LogP contribution < -0.4 is 10.6 Å². The molecule has 0 unspecified atom stereocenters. The minimum atomic E-state index is -0.00172. The summed E-state index contributed by atoms with van der Waals surface area (Å²) < 4.78 is 0. The Bertz CT molecular complexity index is 256. The van der Waals surface area contributed by atoms with Crippen LogP contribution in [-0.2, 0) is 0 Å². The lowest BCUT2D eigenvalue weighted by Gasteiger charge is -2.07. The first-order valence-electron chi connectivity index (χ1n) is 10.8. The maximum atomic E-state index is 11.4. The third-order valence-electron chi connectivity index (χ3n) is 4.63. The van der Waals surface area contributed by atoms with E-state index in [1.165, 1.54) is 83.5 Å². The van der Waals surface area contributed by atoms with E-state index in [2.05, 4.69) is 24.5 Å². The standard InChI is InChI=1S/C21H44N2O/c1-3-5-7-8-9-10-11-12-13-14-15-16-17-18-20-23-21(24)22-19-6-4-2/h3-20H2,1-2H3,(H2,22,23,24). The molecule has 3 heteroatoms. The number of carbonyl (C=O) groups excluding carboxylic acids is 1. The lowest BCUT2D eigenvalue weighted by atomic mass is 10.0. The Morgan fingerprint density at radius 2 is 0.833 bits per heavy atom. The predicted octanol–water partition coefficient (Wildman–Crippen LogP) is 6.57. The number of carbonyl (C=O) groups is 1. The predicted molar refractivity (Wildman–Crippen MR) is 107 cm³/mol. The Hall–Kier alpha value is -0.730. The van der Waals surface area contributed by atoms with Crippen LogP contribution in [0, 0.1) is 0 Å². The van der Waals surface area contributed by atoms with Gasteiger partial charge in [0.2, 0.25) is 0 Å². The van der Waals surface area contributed by atoms with Crippen LogP contribution >= 0.6 is 0 Å². The number of rotatable bonds is 18. The SMILES string of the molecule is CCCCCCCCCCCCCCCCNC(=O)NCCCC. The molecule has 0 aliphatic heterocycles. The van der Waals surface area contributed by atoms with Crippen molar-refractivity contribution in [3.8, 4) is 0 Å². The lowest BCUT2D eigenvalue weighted by Crippen LogP contribution is -2.36. The van der Waals surface area contributed by atoms with Crippen LogP contribution in [0.4, 0.5) is 4.79 Å². The average Bonchev–Trinajstić information content (AvgIpc) is 2.58. The normalized spacial score (nSPS) is 10.8. The van der Waals surface area contributed by atoms with Gasteiger partial charge in [0, 0.05) is 13.1 Å². The zero-order valence-electron chi connectivity index (χ0n) is 16.6. The molecular formula is C21H44N2O. The molecule has 0 aliphatic carbocycles. The van der Waals surface area contributed by atoms with Crippen LogP contribution in [0.25, 0.3) is 0 Å². The maximum absolute atomic E-state index is 11.4. The summed E-state index contributed by atoms with van der Waals surface area (Å²) in [4.78, 5) is 11.4. The van der Waals surface area contributed by atoms with Crippen LogP contribution in [0.5, 0.6) is 0 Å². The fraction of sp³-hybridized carbons (Fsp3) is 0.952. The van der Waals surface area contributed by atoms with Crippen LogP contribution in [0.2, 0.25) is 0 Å². The quantitative estimate of drug-likeness (QED) is 0.272. The number of nitrogens with one attached hydrogen (secondary N) is 2. The van der Waals surface area contributed by atoms with Gasteiger partial charge in [0.1, 0.15) is 0 Å². The molecule has 0 saturated heterocycles. The Morgan fingerprint density at radius 1 is 0.500 bits per heavy atom. The molecule has 0 saturated carbocycles. The molecule has 0 aromatic rings. The summed E-state index contributed by atoms with van der Waals surface area (Å²) in [7, 11) is 0. The number of unbranched alkanes of at least 4 members (excludes halogenated alkanes) is 14. The van der Waals surface area contributed by atoms with E-state index in [-0.39, 0.29) is 6.03 Å². The van der Waals surface area contributed by atoms with Gasteiger partial charge in [-0.1, -0.05) is 104 Å². The molecule has 0 heterocycles. The van der Waals surface area contributed by atoms with Gasteiger partial charge < -0.3 is 10.6 Å². The molecule has 0 aliphatic rings. The third kappa shape index (κ3) is 19.3. The van der Waals surface area contributed by atoms with Crippen LogP contribution in [0.1, 0.15) is 117 Å². The Balaban J connectivity index is 3.06. The van der Waals surface area contributed by atoms with Gasteiger partial charge in [-0.2, -0.15) is 0 Å². The lowest BCUT2D eigenvalue weighted by molar-refractivity contribution is 0.240. The second kappa shape index (κ2) is 20.3. The number of urea groups is 1. The molecule has 0 bridgehead atoms. The molecule has 0 atom stereocenters. The summed E-state index contributed by atoms with van der Waals surface area (Å²) in [6.45, 7) is 6.02. The highest BCUT2D eigenvalue weighted by molar-refractivity contribution is 5.73. The van der Waals surface area contributed by atoms with Crippen molar-refractivity contribution in [3.63, 3.8) is 0 Å². The summed E-state index contributed by atoms with van der Waals surface area (Å²) in [6, 6.07) is -0.00172. The zero-order valence-corrected chi connectivity index (χ0v) is 16.6. The molecule has 0 aromatic heterocycles. The highest BCUT2D eigenvalue weighted by Crippen LogP contribution is 2.12. The fourth-order valence-electron chi connectivity index (χ4n) is 2.96. The molecule has 0 spiro atoms. The zero-order chi connectivity index (χ0) is 17.7. The maximum Gasteiger partial charge on any atom is 0.314 e. The average molecular weight is 341 g/mol. The fourth-order valence-corrected chi connectivity index (χ4v) is 2.96. The van der Waals surface area contributed by atoms with Gasteiger partial charge >= 0.3 is 6.03 Å². The van der Waals surface area contributed by atoms with Crippen molar-refractivity contribution in [1.29, 1.82) is 0 Å². The van der Waals surface area contributed by atoms with Crippen molar-refractivity contribution in [1.82, 2.24) is 10.6 Å². The van der Waals surface area contributed by atoms with E-state index in [4.69, 9.17) is 0 Å². The topological polar surface area (TPSA) is 41.1 Å². The van der Waals surface area contributed by atoms with E-state index in [9.17, 15) is 4.79 Å². The van der Waals surface area contributed by atoms with Gasteiger partial charge in [-0.3, -0.25) is 0 Å². The molecule has 0 fully saturated rings. The first-order valence-corrected chi connectivity index (χ1v) is 10.8. The number of hydrogen-bond donors (Lipinski definition) is 2. The number of hydrogen-bond acceptors (Lipinski definition) is 1. The smallest absolute Gasteiger partial charge is 0.314 e. The molecule has 24 heavy (non-hydrogen) atoms. The minimum Gasteiger partial charge on any atom is -0.338 e. The highest BCUT2D eigenvalue weighted by Gasteiger charge is 1.98. The van der Waals surface area contributed by atoms with Crippen LogP contribution in [0.15, 0.2) is 0 Å². The Labute approximate surface area is 151 Å². The number of amides is 2. The molecule has 0 rings (SSSR count). The second-order valence-corrected chi connectivity index (χ2v) is 7.13. The monoisotopic (exact) mass is 340 g/mol. The molecule has 0 radical (unpaired) electrons. The second-order valence-electron chi connectivity index (χ2n) is 7.13. The minimum absolute atomic E-state index is 0.00172. The van der Waals surface area contributed by atoms with E-state index in [0.717, 1.165) is 32.4 Å². The summed E-state index contributed by atoms with van der Waals surface area (Å²) in [5, 5.41) is 5.82. The molecule has 144 valence electrons. The van der Waals surface area contributed by atoms with Crippen LogP contribution in [-0.4, -0.2) is 19.1 Å². The van der Waals surface area contributed by atoms with Crippen molar-refractivity contribution in [2.75, 3.05) is 13.1 Å². The van der Waals surface area contributed by atoms with E-state index in [1.807, 2.05) is 0 Å².